The van der Waals surface area contributed by atoms with Gasteiger partial charge in [0, 0.05) is 49.4 Å². The number of amides is 2. The molecule has 0 aromatic rings. The van der Waals surface area contributed by atoms with Gasteiger partial charge in [0.2, 0.25) is 11.8 Å². The van der Waals surface area contributed by atoms with E-state index in [2.05, 4.69) is 5.32 Å². The number of carbonyl (C=O) groups excluding carboxylic acids is 2. The molecule has 120 valence electrons. The van der Waals surface area contributed by atoms with Crippen molar-refractivity contribution in [2.45, 2.75) is 37.0 Å². The molecule has 2 saturated heterocycles. The number of hydrogen-bond donors (Lipinski definition) is 2. The fraction of sp³-hybridized carbons (Fsp3) is 0.857. The second-order valence-corrected chi connectivity index (χ2v) is 7.92. The van der Waals surface area contributed by atoms with Crippen LogP contribution >= 0.6 is 23.5 Å². The predicted octanol–water partition coefficient (Wildman–Crippen LogP) is 0.681. The van der Waals surface area contributed by atoms with Crippen LogP contribution in [0, 0.1) is 0 Å². The van der Waals surface area contributed by atoms with E-state index in [0.29, 0.717) is 19.5 Å². The van der Waals surface area contributed by atoms with Gasteiger partial charge < -0.3 is 16.0 Å². The lowest BCUT2D eigenvalue weighted by Gasteiger charge is -2.38. The molecule has 2 fully saturated rings. The van der Waals surface area contributed by atoms with E-state index in [1.165, 1.54) is 0 Å². The van der Waals surface area contributed by atoms with Crippen molar-refractivity contribution in [1.82, 2.24) is 10.2 Å². The van der Waals surface area contributed by atoms with Crippen molar-refractivity contribution >= 4 is 35.3 Å². The molecule has 2 unspecified atom stereocenters. The molecule has 2 heterocycles. The fourth-order valence-corrected chi connectivity index (χ4v) is 5.39. The molecule has 0 aliphatic carbocycles. The minimum Gasteiger partial charge on any atom is -0.354 e. The number of carbonyl (C=O) groups is 2. The zero-order chi connectivity index (χ0) is 15.1. The number of likely N-dealkylation sites (tertiary alicyclic amines) is 1. The summed E-state index contributed by atoms with van der Waals surface area (Å²) < 4.78 is 0. The molecule has 5 nitrogen and oxygen atoms in total. The summed E-state index contributed by atoms with van der Waals surface area (Å²) in [6, 6.07) is 0.153. The van der Waals surface area contributed by atoms with E-state index >= 15 is 0 Å². The first-order chi connectivity index (χ1) is 10.2. The molecule has 0 aromatic carbocycles. The number of thioether (sulfide) groups is 2. The first-order valence-electron chi connectivity index (χ1n) is 7.69. The van der Waals surface area contributed by atoms with E-state index in [4.69, 9.17) is 5.73 Å². The van der Waals surface area contributed by atoms with Gasteiger partial charge >= 0.3 is 0 Å². The van der Waals surface area contributed by atoms with Gasteiger partial charge in [-0.1, -0.05) is 0 Å². The normalized spacial score (nSPS) is 26.4. The zero-order valence-electron chi connectivity index (χ0n) is 12.4. The molecule has 7 heteroatoms. The lowest BCUT2D eigenvalue weighted by molar-refractivity contribution is -0.134. The average Bonchev–Trinajstić information content (AvgIpc) is 2.54. The van der Waals surface area contributed by atoms with Crippen LogP contribution < -0.4 is 11.1 Å². The molecular weight excluding hydrogens is 306 g/mol. The van der Waals surface area contributed by atoms with Crippen LogP contribution in [-0.2, 0) is 9.59 Å². The van der Waals surface area contributed by atoms with Gasteiger partial charge in [-0.15, -0.1) is 11.8 Å². The molecule has 2 aliphatic heterocycles. The number of rotatable bonds is 5. The number of piperidine rings is 1. The summed E-state index contributed by atoms with van der Waals surface area (Å²) in [7, 11) is 0. The predicted molar refractivity (Wildman–Crippen MR) is 89.6 cm³/mol. The third-order valence-electron chi connectivity index (χ3n) is 3.91. The zero-order valence-corrected chi connectivity index (χ0v) is 14.0. The molecule has 21 heavy (non-hydrogen) atoms. The number of nitrogens with one attached hydrogen (secondary N) is 1. The summed E-state index contributed by atoms with van der Waals surface area (Å²) in [6.45, 7) is 1.77. The molecular formula is C14H25N3O2S2. The summed E-state index contributed by atoms with van der Waals surface area (Å²) >= 11 is 3.65. The van der Waals surface area contributed by atoms with Gasteiger partial charge in [0.05, 0.1) is 5.25 Å². The monoisotopic (exact) mass is 331 g/mol. The molecule has 0 bridgehead atoms. The Hall–Kier alpha value is -0.400. The molecule has 0 spiro atoms. The van der Waals surface area contributed by atoms with Gasteiger partial charge in [0.1, 0.15) is 0 Å². The van der Waals surface area contributed by atoms with Crippen LogP contribution in [0.25, 0.3) is 0 Å². The Morgan fingerprint density at radius 1 is 1.29 bits per heavy atom. The van der Waals surface area contributed by atoms with Crippen molar-refractivity contribution in [3.63, 3.8) is 0 Å². The largest absolute Gasteiger partial charge is 0.354 e. The lowest BCUT2D eigenvalue weighted by Crippen LogP contribution is -2.52. The Morgan fingerprint density at radius 2 is 2.14 bits per heavy atom. The van der Waals surface area contributed by atoms with Crippen LogP contribution in [0.3, 0.4) is 0 Å². The summed E-state index contributed by atoms with van der Waals surface area (Å²) in [5.41, 5.74) is 5.38. The molecule has 0 radical (unpaired) electrons. The highest BCUT2D eigenvalue weighted by atomic mass is 32.2. The summed E-state index contributed by atoms with van der Waals surface area (Å²) in [6.07, 6.45) is 3.55. The van der Waals surface area contributed by atoms with Crippen molar-refractivity contribution in [3.05, 3.63) is 0 Å². The maximum absolute atomic E-state index is 12.7. The van der Waals surface area contributed by atoms with Gasteiger partial charge in [0.25, 0.3) is 0 Å². The van der Waals surface area contributed by atoms with Crippen molar-refractivity contribution in [1.29, 1.82) is 0 Å². The molecule has 2 aliphatic rings. The molecule has 2 atom stereocenters. The Labute approximate surface area is 135 Å². The summed E-state index contributed by atoms with van der Waals surface area (Å²) in [4.78, 5) is 26.3. The standard InChI is InChI=1S/C14H25N3O2S2/c15-5-4-13(18)16-9-11-3-1-2-6-17(11)14(19)12-10-20-7-8-21-12/h11-12H,1-10,15H2,(H,16,18). The first kappa shape index (κ1) is 17.0. The van der Waals surface area contributed by atoms with E-state index in [1.54, 1.807) is 11.8 Å². The molecule has 3 N–H and O–H groups in total. The van der Waals surface area contributed by atoms with Crippen molar-refractivity contribution < 1.29 is 9.59 Å². The Kier molecular flexibility index (Phi) is 7.19. The van der Waals surface area contributed by atoms with Crippen LogP contribution in [0.1, 0.15) is 25.7 Å². The highest BCUT2D eigenvalue weighted by Gasteiger charge is 2.32. The van der Waals surface area contributed by atoms with Crippen LogP contribution in [-0.4, -0.2) is 64.9 Å². The van der Waals surface area contributed by atoms with E-state index < -0.39 is 0 Å². The lowest BCUT2D eigenvalue weighted by atomic mass is 10.0. The van der Waals surface area contributed by atoms with E-state index in [9.17, 15) is 9.59 Å². The summed E-state index contributed by atoms with van der Waals surface area (Å²) in [5.74, 6) is 3.38. The third-order valence-corrected chi connectivity index (χ3v) is 6.65. The quantitative estimate of drug-likeness (QED) is 0.775. The third kappa shape index (κ3) is 5.07. The number of hydrogen-bond acceptors (Lipinski definition) is 5. The smallest absolute Gasteiger partial charge is 0.236 e. The highest BCUT2D eigenvalue weighted by molar-refractivity contribution is 8.07. The Balaban J connectivity index is 1.88. The van der Waals surface area contributed by atoms with Gasteiger partial charge in [0.15, 0.2) is 0 Å². The SMILES string of the molecule is NCCC(=O)NCC1CCCCN1C(=O)C1CSCCS1. The van der Waals surface area contributed by atoms with E-state index in [-0.39, 0.29) is 23.1 Å². The minimum absolute atomic E-state index is 0.0157. The number of nitrogens with two attached hydrogens (primary N) is 1. The molecule has 0 saturated carbocycles. The van der Waals surface area contributed by atoms with Crippen molar-refractivity contribution in [2.75, 3.05) is 36.9 Å². The van der Waals surface area contributed by atoms with Gasteiger partial charge in [-0.2, -0.15) is 11.8 Å². The molecule has 2 amide bonds. The summed E-state index contributed by atoms with van der Waals surface area (Å²) in [5, 5.41) is 3.02. The van der Waals surface area contributed by atoms with Crippen LogP contribution in [0.4, 0.5) is 0 Å². The van der Waals surface area contributed by atoms with E-state index in [0.717, 1.165) is 43.1 Å². The Bertz CT molecular complexity index is 362. The maximum atomic E-state index is 12.7. The van der Waals surface area contributed by atoms with Crippen molar-refractivity contribution in [3.8, 4) is 0 Å². The highest BCUT2D eigenvalue weighted by Crippen LogP contribution is 2.28. The van der Waals surface area contributed by atoms with Gasteiger partial charge in [-0.05, 0) is 19.3 Å². The number of nitrogens with zero attached hydrogens (tertiary/aromatic N) is 1. The second-order valence-electron chi connectivity index (χ2n) is 5.46. The topological polar surface area (TPSA) is 75.4 Å². The van der Waals surface area contributed by atoms with Gasteiger partial charge in [-0.3, -0.25) is 9.59 Å². The Morgan fingerprint density at radius 3 is 2.86 bits per heavy atom. The van der Waals surface area contributed by atoms with Crippen molar-refractivity contribution in [2.24, 2.45) is 5.73 Å². The van der Waals surface area contributed by atoms with Crippen LogP contribution in [0.2, 0.25) is 0 Å². The fourth-order valence-electron chi connectivity index (χ4n) is 2.77. The van der Waals surface area contributed by atoms with E-state index in [1.807, 2.05) is 16.7 Å². The second kappa shape index (κ2) is 8.90. The minimum atomic E-state index is -0.0157. The van der Waals surface area contributed by atoms with Crippen LogP contribution in [0.5, 0.6) is 0 Å². The average molecular weight is 332 g/mol. The first-order valence-corrected chi connectivity index (χ1v) is 9.89. The van der Waals surface area contributed by atoms with Crippen LogP contribution in [0.15, 0.2) is 0 Å². The molecule has 0 aromatic heterocycles. The molecule has 2 rings (SSSR count). The van der Waals surface area contributed by atoms with Gasteiger partial charge in [-0.25, -0.2) is 0 Å². The maximum Gasteiger partial charge on any atom is 0.236 e.